The molecule has 0 spiro atoms. The summed E-state index contributed by atoms with van der Waals surface area (Å²) in [4.78, 5) is 37.1. The standard InChI is InChI=1S/C43H44N4O3/c1-8-44-33-17-9-29(10-18-33)37(30-11-19-34(20-12-30)45(2)3)25-27-39-41(48)40(43(50)42(39)49)28-26-38(31-13-21-35(22-14-31)46(4)5)32-15-23-36(24-16-32)47(6)7/h9-28,48H,8H2,1-7H3/p-1. The monoisotopic (exact) mass is 663 g/mol. The molecular formula is C43H43N4O3-. The first-order valence-corrected chi connectivity index (χ1v) is 16.6. The summed E-state index contributed by atoms with van der Waals surface area (Å²) in [6, 6.07) is 24.1. The van der Waals surface area contributed by atoms with Crippen molar-refractivity contribution in [1.82, 2.24) is 0 Å². The van der Waals surface area contributed by atoms with Crippen molar-refractivity contribution in [3.05, 3.63) is 161 Å². The van der Waals surface area contributed by atoms with Crippen LogP contribution in [0.3, 0.4) is 0 Å². The van der Waals surface area contributed by atoms with E-state index in [1.807, 2.05) is 161 Å². The van der Waals surface area contributed by atoms with Crippen LogP contribution in [0.1, 0.15) is 23.6 Å². The third-order valence-corrected chi connectivity index (χ3v) is 8.62. The van der Waals surface area contributed by atoms with Crippen molar-refractivity contribution in [3.8, 4) is 0 Å². The summed E-state index contributed by atoms with van der Waals surface area (Å²) in [5, 5.41) is 13.7. The molecule has 50 heavy (non-hydrogen) atoms. The first kappa shape index (κ1) is 35.4. The van der Waals surface area contributed by atoms with Gasteiger partial charge in [0.15, 0.2) is 0 Å². The lowest BCUT2D eigenvalue weighted by atomic mass is 9.95. The maximum absolute atomic E-state index is 13.7. The zero-order valence-electron chi connectivity index (χ0n) is 29.8. The number of benzene rings is 3. The number of anilines is 3. The second-order valence-electron chi connectivity index (χ2n) is 12.7. The second-order valence-corrected chi connectivity index (χ2v) is 12.7. The average Bonchev–Trinajstić information content (AvgIpc) is 3.32. The molecule has 0 unspecified atom stereocenters. The first-order chi connectivity index (χ1) is 24.0. The number of hydrogen-bond acceptors (Lipinski definition) is 7. The van der Waals surface area contributed by atoms with Gasteiger partial charge in [-0.15, -0.1) is 0 Å². The Bertz CT molecular complexity index is 1940. The van der Waals surface area contributed by atoms with E-state index in [1.54, 1.807) is 12.2 Å². The van der Waals surface area contributed by atoms with E-state index in [9.17, 15) is 14.7 Å². The van der Waals surface area contributed by atoms with E-state index in [-0.39, 0.29) is 11.1 Å². The van der Waals surface area contributed by atoms with Crippen LogP contribution >= 0.6 is 0 Å². The fraction of sp³-hybridized carbons (Fsp3) is 0.186. The van der Waals surface area contributed by atoms with Crippen LogP contribution in [0.25, 0.3) is 11.1 Å². The molecule has 0 radical (unpaired) electrons. The van der Waals surface area contributed by atoms with Gasteiger partial charge in [-0.3, -0.25) is 14.6 Å². The predicted octanol–water partition coefficient (Wildman–Crippen LogP) is 6.61. The van der Waals surface area contributed by atoms with E-state index in [2.05, 4.69) is 4.99 Å². The van der Waals surface area contributed by atoms with Gasteiger partial charge in [-0.05, 0) is 88.9 Å². The molecule has 0 N–H and O–H groups in total. The summed E-state index contributed by atoms with van der Waals surface area (Å²) in [6.07, 6.45) is 14.3. The smallest absolute Gasteiger partial charge is 0.232 e. The molecule has 0 aliphatic heterocycles. The number of nitrogens with zero attached hydrogens (tertiary/aromatic N) is 4. The molecule has 0 aromatic heterocycles. The summed E-state index contributed by atoms with van der Waals surface area (Å²) in [6.45, 7) is 2.66. The van der Waals surface area contributed by atoms with Gasteiger partial charge in [0.1, 0.15) is 0 Å². The van der Waals surface area contributed by atoms with E-state index in [4.69, 9.17) is 0 Å². The third-order valence-electron chi connectivity index (χ3n) is 8.62. The van der Waals surface area contributed by atoms with E-state index in [0.717, 1.165) is 56.2 Å². The number of Topliss-reactive ketones (excluding diaryl/α,β-unsaturated/α-hetero) is 2. The predicted molar refractivity (Wildman–Crippen MR) is 207 cm³/mol. The highest BCUT2D eigenvalue weighted by Gasteiger charge is 2.29. The first-order valence-electron chi connectivity index (χ1n) is 16.6. The molecule has 0 saturated carbocycles. The molecule has 5 rings (SSSR count). The van der Waals surface area contributed by atoms with E-state index >= 15 is 0 Å². The topological polar surface area (TPSA) is 79.3 Å². The number of hydrogen-bond donors (Lipinski definition) is 0. The molecule has 0 fully saturated rings. The Hall–Kier alpha value is -5.95. The Kier molecular flexibility index (Phi) is 11.0. The van der Waals surface area contributed by atoms with Gasteiger partial charge < -0.3 is 19.8 Å². The van der Waals surface area contributed by atoms with Gasteiger partial charge in [0, 0.05) is 77.0 Å². The van der Waals surface area contributed by atoms with Crippen LogP contribution in [0.2, 0.25) is 0 Å². The molecule has 7 heteroatoms. The summed E-state index contributed by atoms with van der Waals surface area (Å²) in [5.41, 5.74) is 8.95. The number of aliphatic imine (C=N–C) groups is 1. The Morgan fingerprint density at radius 2 is 1.12 bits per heavy atom. The van der Waals surface area contributed by atoms with Gasteiger partial charge in [0.05, 0.1) is 5.71 Å². The molecule has 0 heterocycles. The molecule has 0 atom stereocenters. The minimum absolute atomic E-state index is 0.149. The molecule has 2 aliphatic rings. The molecule has 2 aliphatic carbocycles. The summed E-state index contributed by atoms with van der Waals surface area (Å²) >= 11 is 0. The minimum atomic E-state index is -0.808. The van der Waals surface area contributed by atoms with Crippen LogP contribution < -0.4 is 19.8 Å². The number of rotatable bonds is 10. The molecule has 3 aromatic rings. The number of allylic oxidation sites excluding steroid dienone is 12. The largest absolute Gasteiger partial charge is 0.871 e. The summed E-state index contributed by atoms with van der Waals surface area (Å²) < 4.78 is 0. The Labute approximate surface area is 295 Å². The Morgan fingerprint density at radius 1 is 0.660 bits per heavy atom. The van der Waals surface area contributed by atoms with Gasteiger partial charge in [0.2, 0.25) is 11.6 Å². The van der Waals surface area contributed by atoms with Crippen molar-refractivity contribution in [2.45, 2.75) is 6.92 Å². The normalized spacial score (nSPS) is 15.0. The molecule has 0 amide bonds. The molecule has 0 saturated heterocycles. The summed E-state index contributed by atoms with van der Waals surface area (Å²) in [7, 11) is 11.9. The molecule has 0 bridgehead atoms. The lowest BCUT2D eigenvalue weighted by Crippen LogP contribution is -2.10. The van der Waals surface area contributed by atoms with Crippen molar-refractivity contribution in [3.63, 3.8) is 0 Å². The van der Waals surface area contributed by atoms with Gasteiger partial charge in [-0.25, -0.2) is 0 Å². The number of carbonyl (C=O) groups is 2. The zero-order valence-corrected chi connectivity index (χ0v) is 29.8. The highest BCUT2D eigenvalue weighted by molar-refractivity contribution is 6.53. The molecule has 7 nitrogen and oxygen atoms in total. The van der Waals surface area contributed by atoms with Crippen LogP contribution in [0, 0.1) is 0 Å². The van der Waals surface area contributed by atoms with Gasteiger partial charge in [-0.2, -0.15) is 0 Å². The van der Waals surface area contributed by atoms with E-state index in [1.165, 1.54) is 12.2 Å². The lowest BCUT2D eigenvalue weighted by Gasteiger charge is -2.16. The third kappa shape index (κ3) is 7.84. The van der Waals surface area contributed by atoms with Crippen LogP contribution in [-0.4, -0.2) is 66.1 Å². The van der Waals surface area contributed by atoms with Crippen LogP contribution in [0.15, 0.2) is 149 Å². The number of ketones is 2. The second kappa shape index (κ2) is 15.5. The quantitative estimate of drug-likeness (QED) is 0.180. The minimum Gasteiger partial charge on any atom is -0.871 e. The molecular weight excluding hydrogens is 620 g/mol. The van der Waals surface area contributed by atoms with Crippen LogP contribution in [0.5, 0.6) is 0 Å². The van der Waals surface area contributed by atoms with Crippen molar-refractivity contribution < 1.29 is 14.7 Å². The fourth-order valence-corrected chi connectivity index (χ4v) is 5.70. The number of carbonyl (C=O) groups excluding carboxylic acids is 2. The van der Waals surface area contributed by atoms with Crippen molar-refractivity contribution in [1.29, 1.82) is 0 Å². The highest BCUT2D eigenvalue weighted by Crippen LogP contribution is 2.31. The van der Waals surface area contributed by atoms with E-state index in [0.29, 0.717) is 6.54 Å². The maximum Gasteiger partial charge on any atom is 0.232 e. The van der Waals surface area contributed by atoms with E-state index < -0.39 is 17.3 Å². The summed E-state index contributed by atoms with van der Waals surface area (Å²) in [5.74, 6) is -2.20. The van der Waals surface area contributed by atoms with Crippen LogP contribution in [0.4, 0.5) is 17.1 Å². The molecule has 3 aromatic carbocycles. The fourth-order valence-electron chi connectivity index (χ4n) is 5.70. The van der Waals surface area contributed by atoms with Crippen molar-refractivity contribution in [2.24, 2.45) is 4.99 Å². The zero-order chi connectivity index (χ0) is 35.9. The Morgan fingerprint density at radius 3 is 1.56 bits per heavy atom. The highest BCUT2D eigenvalue weighted by atomic mass is 16.3. The van der Waals surface area contributed by atoms with Gasteiger partial charge >= 0.3 is 0 Å². The Balaban J connectivity index is 1.56. The van der Waals surface area contributed by atoms with Crippen molar-refractivity contribution in [2.75, 3.05) is 63.5 Å². The SMILES string of the molecule is CCN=C1C=CC(=C(C=CC2=C([O-])C(=CC=C(c3ccc(N(C)C)cc3)c3ccc(N(C)C)cc3)C(=O)C2=O)c2ccc(N(C)C)cc2)C=C1. The van der Waals surface area contributed by atoms with Gasteiger partial charge in [-0.1, -0.05) is 78.6 Å². The van der Waals surface area contributed by atoms with Gasteiger partial charge in [0.25, 0.3) is 0 Å². The van der Waals surface area contributed by atoms with Crippen LogP contribution in [-0.2, 0) is 9.59 Å². The average molecular weight is 664 g/mol. The molecule has 254 valence electrons. The lowest BCUT2D eigenvalue weighted by molar-refractivity contribution is -0.297. The van der Waals surface area contributed by atoms with Crippen molar-refractivity contribution >= 4 is 45.5 Å². The maximum atomic E-state index is 13.7.